The first-order chi connectivity index (χ1) is 13.3. The molecular weight excluding hydrogens is 362 g/mol. The Bertz CT molecular complexity index is 778. The zero-order valence-electron chi connectivity index (χ0n) is 15.1. The Morgan fingerprint density at radius 2 is 2.00 bits per heavy atom. The molecule has 1 aromatic heterocycles. The average Bonchev–Trinajstić information content (AvgIpc) is 2.74. The number of carbonyl (C=O) groups excluding carboxylic acids is 1. The molecule has 6 nitrogen and oxygen atoms in total. The van der Waals surface area contributed by atoms with Gasteiger partial charge in [0.25, 0.3) is 5.91 Å². The first-order valence-electron chi connectivity index (χ1n) is 9.25. The summed E-state index contributed by atoms with van der Waals surface area (Å²) in [5.41, 5.74) is 0.580. The monoisotopic (exact) mass is 385 g/mol. The van der Waals surface area contributed by atoms with Gasteiger partial charge in [-0.1, -0.05) is 12.1 Å². The molecule has 4 rings (SSSR count). The normalized spacial score (nSPS) is 18.8. The standard InChI is InChI=1S/C20H23N3O3S/c24-20(15-5-6-19(22-13-15)23-9-11-27-12-10-23)21-8-7-16-14-25-17-3-1-2-4-18(17)26-16/h1-6,13,16H,7-12,14H2,(H,21,24)/t16-/m1/s1. The van der Waals surface area contributed by atoms with Crippen molar-refractivity contribution in [3.05, 3.63) is 48.2 Å². The predicted octanol–water partition coefficient (Wildman–Crippen LogP) is 2.59. The first kappa shape index (κ1) is 18.0. The molecule has 27 heavy (non-hydrogen) atoms. The van der Waals surface area contributed by atoms with Gasteiger partial charge in [-0.05, 0) is 24.3 Å². The largest absolute Gasteiger partial charge is 0.486 e. The van der Waals surface area contributed by atoms with E-state index in [1.54, 1.807) is 6.20 Å². The molecule has 2 aromatic rings. The number of fused-ring (bicyclic) bond motifs is 1. The lowest BCUT2D eigenvalue weighted by Crippen LogP contribution is -2.34. The molecule has 0 aliphatic carbocycles. The van der Waals surface area contributed by atoms with Crippen molar-refractivity contribution in [1.29, 1.82) is 0 Å². The molecule has 0 saturated carbocycles. The van der Waals surface area contributed by atoms with Crippen LogP contribution in [-0.4, -0.2) is 54.7 Å². The third-order valence-electron chi connectivity index (χ3n) is 4.66. The van der Waals surface area contributed by atoms with Gasteiger partial charge in [-0.15, -0.1) is 0 Å². The van der Waals surface area contributed by atoms with E-state index in [0.29, 0.717) is 25.1 Å². The summed E-state index contributed by atoms with van der Waals surface area (Å²) in [4.78, 5) is 19.1. The van der Waals surface area contributed by atoms with E-state index in [0.717, 1.165) is 41.9 Å². The fourth-order valence-corrected chi connectivity index (χ4v) is 4.06. The number of amides is 1. The van der Waals surface area contributed by atoms with Crippen LogP contribution >= 0.6 is 11.8 Å². The van der Waals surface area contributed by atoms with Gasteiger partial charge in [0.05, 0.1) is 5.56 Å². The van der Waals surface area contributed by atoms with Gasteiger partial charge in [0, 0.05) is 43.8 Å². The Morgan fingerprint density at radius 1 is 1.19 bits per heavy atom. The molecule has 0 unspecified atom stereocenters. The number of thioether (sulfide) groups is 1. The maximum Gasteiger partial charge on any atom is 0.252 e. The molecule has 0 spiro atoms. The molecule has 7 heteroatoms. The van der Waals surface area contributed by atoms with Gasteiger partial charge in [-0.25, -0.2) is 4.98 Å². The Morgan fingerprint density at radius 3 is 2.78 bits per heavy atom. The minimum absolute atomic E-state index is 0.0577. The fraction of sp³-hybridized carbons (Fsp3) is 0.400. The second kappa shape index (κ2) is 8.52. The molecular formula is C20H23N3O3S. The van der Waals surface area contributed by atoms with E-state index in [1.165, 1.54) is 0 Å². The molecule has 1 N–H and O–H groups in total. The number of hydrogen-bond acceptors (Lipinski definition) is 6. The topological polar surface area (TPSA) is 63.7 Å². The number of hydrogen-bond donors (Lipinski definition) is 1. The second-order valence-electron chi connectivity index (χ2n) is 6.55. The highest BCUT2D eigenvalue weighted by Crippen LogP contribution is 2.31. The van der Waals surface area contributed by atoms with E-state index < -0.39 is 0 Å². The minimum atomic E-state index is -0.111. The maximum absolute atomic E-state index is 12.3. The van der Waals surface area contributed by atoms with Gasteiger partial charge in [0.1, 0.15) is 18.5 Å². The van der Waals surface area contributed by atoms with Crippen LogP contribution in [0.4, 0.5) is 5.82 Å². The van der Waals surface area contributed by atoms with Gasteiger partial charge in [0.2, 0.25) is 0 Å². The van der Waals surface area contributed by atoms with Crippen molar-refractivity contribution in [2.45, 2.75) is 12.5 Å². The Kier molecular flexibility index (Phi) is 5.67. The lowest BCUT2D eigenvalue weighted by molar-refractivity contribution is 0.0812. The highest BCUT2D eigenvalue weighted by atomic mass is 32.2. The minimum Gasteiger partial charge on any atom is -0.486 e. The van der Waals surface area contributed by atoms with Crippen molar-refractivity contribution < 1.29 is 14.3 Å². The maximum atomic E-state index is 12.3. The van der Waals surface area contributed by atoms with Gasteiger partial charge >= 0.3 is 0 Å². The van der Waals surface area contributed by atoms with Crippen molar-refractivity contribution >= 4 is 23.5 Å². The van der Waals surface area contributed by atoms with Crippen LogP contribution in [0.2, 0.25) is 0 Å². The molecule has 1 amide bonds. The number of ether oxygens (including phenoxy) is 2. The zero-order valence-corrected chi connectivity index (χ0v) is 15.9. The van der Waals surface area contributed by atoms with Crippen LogP contribution in [0.1, 0.15) is 16.8 Å². The van der Waals surface area contributed by atoms with Crippen molar-refractivity contribution in [2.75, 3.05) is 42.6 Å². The van der Waals surface area contributed by atoms with E-state index in [4.69, 9.17) is 9.47 Å². The number of para-hydroxylation sites is 2. The summed E-state index contributed by atoms with van der Waals surface area (Å²) >= 11 is 1.97. The molecule has 142 valence electrons. The second-order valence-corrected chi connectivity index (χ2v) is 7.77. The molecule has 2 aliphatic rings. The van der Waals surface area contributed by atoms with Crippen LogP contribution in [0, 0.1) is 0 Å². The number of anilines is 1. The summed E-state index contributed by atoms with van der Waals surface area (Å²) in [6.07, 6.45) is 2.29. The van der Waals surface area contributed by atoms with Crippen molar-refractivity contribution in [3.8, 4) is 11.5 Å². The molecule has 0 radical (unpaired) electrons. The highest BCUT2D eigenvalue weighted by Gasteiger charge is 2.20. The Hall–Kier alpha value is -2.41. The number of pyridine rings is 1. The van der Waals surface area contributed by atoms with Gasteiger partial charge < -0.3 is 19.7 Å². The van der Waals surface area contributed by atoms with E-state index >= 15 is 0 Å². The zero-order chi connectivity index (χ0) is 18.5. The lowest BCUT2D eigenvalue weighted by Gasteiger charge is -2.27. The van der Waals surface area contributed by atoms with Crippen LogP contribution in [-0.2, 0) is 0 Å². The van der Waals surface area contributed by atoms with Crippen molar-refractivity contribution in [1.82, 2.24) is 10.3 Å². The molecule has 2 aliphatic heterocycles. The molecule has 1 aromatic carbocycles. The summed E-state index contributed by atoms with van der Waals surface area (Å²) in [6.45, 7) is 3.04. The predicted molar refractivity (Wildman–Crippen MR) is 107 cm³/mol. The van der Waals surface area contributed by atoms with Crippen LogP contribution in [0.5, 0.6) is 11.5 Å². The van der Waals surface area contributed by atoms with E-state index in [-0.39, 0.29) is 12.0 Å². The smallest absolute Gasteiger partial charge is 0.252 e. The summed E-state index contributed by atoms with van der Waals surface area (Å²) in [6, 6.07) is 11.4. The SMILES string of the molecule is O=C(NCC[C@@H]1COc2ccccc2O1)c1ccc(N2CCSCC2)nc1. The summed E-state index contributed by atoms with van der Waals surface area (Å²) < 4.78 is 11.6. The molecule has 1 fully saturated rings. The van der Waals surface area contributed by atoms with Crippen molar-refractivity contribution in [2.24, 2.45) is 0 Å². The van der Waals surface area contributed by atoms with Gasteiger partial charge in [0.15, 0.2) is 11.5 Å². The van der Waals surface area contributed by atoms with Crippen LogP contribution in [0.15, 0.2) is 42.6 Å². The fourth-order valence-electron chi connectivity index (χ4n) is 3.15. The van der Waals surface area contributed by atoms with Crippen molar-refractivity contribution in [3.63, 3.8) is 0 Å². The van der Waals surface area contributed by atoms with Gasteiger partial charge in [-0.3, -0.25) is 4.79 Å². The number of rotatable bonds is 5. The van der Waals surface area contributed by atoms with Crippen LogP contribution in [0.25, 0.3) is 0 Å². The van der Waals surface area contributed by atoms with Crippen LogP contribution < -0.4 is 19.7 Å². The number of nitrogens with one attached hydrogen (secondary N) is 1. The Balaban J connectivity index is 1.25. The number of aromatic nitrogens is 1. The van der Waals surface area contributed by atoms with Gasteiger partial charge in [-0.2, -0.15) is 11.8 Å². The van der Waals surface area contributed by atoms with E-state index in [9.17, 15) is 4.79 Å². The molecule has 1 atom stereocenters. The molecule has 0 bridgehead atoms. The van der Waals surface area contributed by atoms with E-state index in [1.807, 2.05) is 48.2 Å². The first-order valence-corrected chi connectivity index (χ1v) is 10.4. The third kappa shape index (κ3) is 4.47. The Labute approximate surface area is 163 Å². The van der Waals surface area contributed by atoms with Crippen LogP contribution in [0.3, 0.4) is 0 Å². The third-order valence-corrected chi connectivity index (χ3v) is 5.61. The average molecular weight is 385 g/mol. The quantitative estimate of drug-likeness (QED) is 0.854. The van der Waals surface area contributed by atoms with E-state index in [2.05, 4.69) is 15.2 Å². The highest BCUT2D eigenvalue weighted by molar-refractivity contribution is 7.99. The lowest BCUT2D eigenvalue weighted by atomic mass is 10.2. The molecule has 3 heterocycles. The summed E-state index contributed by atoms with van der Waals surface area (Å²) in [5, 5.41) is 2.94. The number of nitrogens with zero attached hydrogens (tertiary/aromatic N) is 2. The number of benzene rings is 1. The number of carbonyl (C=O) groups is 1. The summed E-state index contributed by atoms with van der Waals surface area (Å²) in [5.74, 6) is 4.62. The molecule has 1 saturated heterocycles. The summed E-state index contributed by atoms with van der Waals surface area (Å²) in [7, 11) is 0.